The van der Waals surface area contributed by atoms with E-state index in [9.17, 15) is 0 Å². The molecule has 19 heavy (non-hydrogen) atoms. The van der Waals surface area contributed by atoms with E-state index in [4.69, 9.17) is 39.5 Å². The lowest BCUT2D eigenvalue weighted by Gasteiger charge is -2.09. The number of hydrogen-bond donors (Lipinski definition) is 1. The monoisotopic (exact) mass is 316 g/mol. The molecule has 1 heterocycles. The average molecular weight is 318 g/mol. The van der Waals surface area contributed by atoms with Gasteiger partial charge in [-0.3, -0.25) is 0 Å². The fourth-order valence-electron chi connectivity index (χ4n) is 1.50. The number of benzene rings is 1. The van der Waals surface area contributed by atoms with E-state index in [-0.39, 0.29) is 5.15 Å². The predicted molar refractivity (Wildman–Crippen MR) is 79.6 cm³/mol. The topological polar surface area (TPSA) is 34.1 Å². The van der Waals surface area contributed by atoms with E-state index >= 15 is 0 Å². The van der Waals surface area contributed by atoms with Crippen molar-refractivity contribution < 1.29 is 4.74 Å². The van der Waals surface area contributed by atoms with Crippen molar-refractivity contribution in [1.82, 2.24) is 4.98 Å². The molecule has 2 aromatic rings. The molecule has 1 N–H and O–H groups in total. The maximum atomic E-state index is 6.03. The molecule has 0 saturated heterocycles. The largest absolute Gasteiger partial charge is 0.497 e. The molecule has 0 aliphatic carbocycles. The number of anilines is 1. The minimum absolute atomic E-state index is 0.225. The number of pyridine rings is 1. The first-order valence-electron chi connectivity index (χ1n) is 5.48. The Hall–Kier alpha value is -1.16. The Labute approximate surface area is 126 Å². The van der Waals surface area contributed by atoms with Crippen molar-refractivity contribution in [2.45, 2.75) is 6.54 Å². The van der Waals surface area contributed by atoms with Gasteiger partial charge in [0, 0.05) is 6.54 Å². The molecule has 0 bridgehead atoms. The molecule has 0 fully saturated rings. The summed E-state index contributed by atoms with van der Waals surface area (Å²) in [6, 6.07) is 9.26. The Balaban J connectivity index is 2.07. The van der Waals surface area contributed by atoms with E-state index in [0.29, 0.717) is 22.4 Å². The Kier molecular flexibility index (Phi) is 4.75. The summed E-state index contributed by atoms with van der Waals surface area (Å²) in [5.74, 6) is 1.32. The fourth-order valence-corrected chi connectivity index (χ4v) is 2.06. The fraction of sp³-hybridized carbons (Fsp3) is 0.154. The van der Waals surface area contributed by atoms with E-state index in [1.54, 1.807) is 13.2 Å². The standard InChI is InChI=1S/C13H11Cl3N2O/c1-19-9-4-2-8(3-5-9)7-17-13-11(15)6-10(14)12(16)18-13/h2-6H,7H2,1H3,(H,17,18). The van der Waals surface area contributed by atoms with Crippen molar-refractivity contribution in [1.29, 1.82) is 0 Å². The second kappa shape index (κ2) is 6.33. The molecule has 0 radical (unpaired) electrons. The lowest BCUT2D eigenvalue weighted by Crippen LogP contribution is -2.02. The van der Waals surface area contributed by atoms with Crippen molar-refractivity contribution in [3.05, 3.63) is 51.1 Å². The van der Waals surface area contributed by atoms with Gasteiger partial charge in [-0.05, 0) is 23.8 Å². The molecule has 0 saturated carbocycles. The second-order valence-electron chi connectivity index (χ2n) is 3.79. The van der Waals surface area contributed by atoms with Gasteiger partial charge in [0.25, 0.3) is 0 Å². The van der Waals surface area contributed by atoms with E-state index in [2.05, 4.69) is 10.3 Å². The highest BCUT2D eigenvalue weighted by Crippen LogP contribution is 2.29. The van der Waals surface area contributed by atoms with Crippen LogP contribution < -0.4 is 10.1 Å². The number of ether oxygens (including phenoxy) is 1. The average Bonchev–Trinajstić information content (AvgIpc) is 2.42. The molecule has 100 valence electrons. The molecule has 2 rings (SSSR count). The highest BCUT2D eigenvalue weighted by Gasteiger charge is 2.07. The summed E-state index contributed by atoms with van der Waals surface area (Å²) in [7, 11) is 1.63. The van der Waals surface area contributed by atoms with Crippen LogP contribution in [0.2, 0.25) is 15.2 Å². The van der Waals surface area contributed by atoms with Gasteiger partial charge in [0.1, 0.15) is 16.7 Å². The molecule has 0 aliphatic rings. The van der Waals surface area contributed by atoms with Crippen LogP contribution in [0, 0.1) is 0 Å². The Bertz CT molecular complexity index is 573. The van der Waals surface area contributed by atoms with Gasteiger partial charge in [-0.1, -0.05) is 46.9 Å². The van der Waals surface area contributed by atoms with Crippen molar-refractivity contribution in [3.8, 4) is 5.75 Å². The Morgan fingerprint density at radius 3 is 2.42 bits per heavy atom. The minimum Gasteiger partial charge on any atom is -0.497 e. The Morgan fingerprint density at radius 2 is 1.79 bits per heavy atom. The van der Waals surface area contributed by atoms with Crippen molar-refractivity contribution in [2.75, 3.05) is 12.4 Å². The molecule has 1 aromatic heterocycles. The third-order valence-electron chi connectivity index (χ3n) is 2.51. The Morgan fingerprint density at radius 1 is 1.11 bits per heavy atom. The van der Waals surface area contributed by atoms with Crippen LogP contribution in [0.5, 0.6) is 5.75 Å². The predicted octanol–water partition coefficient (Wildman–Crippen LogP) is 4.66. The van der Waals surface area contributed by atoms with Gasteiger partial charge >= 0.3 is 0 Å². The van der Waals surface area contributed by atoms with Gasteiger partial charge in [0.2, 0.25) is 0 Å². The zero-order valence-corrected chi connectivity index (χ0v) is 12.4. The maximum absolute atomic E-state index is 6.03. The van der Waals surface area contributed by atoms with Crippen molar-refractivity contribution in [3.63, 3.8) is 0 Å². The third kappa shape index (κ3) is 3.66. The summed E-state index contributed by atoms with van der Waals surface area (Å²) in [6.07, 6.45) is 0. The third-order valence-corrected chi connectivity index (χ3v) is 3.47. The van der Waals surface area contributed by atoms with E-state index in [0.717, 1.165) is 11.3 Å². The summed E-state index contributed by atoms with van der Waals surface area (Å²) in [4.78, 5) is 4.09. The van der Waals surface area contributed by atoms with Crippen LogP contribution >= 0.6 is 34.8 Å². The second-order valence-corrected chi connectivity index (χ2v) is 4.97. The highest BCUT2D eigenvalue weighted by atomic mass is 35.5. The minimum atomic E-state index is 0.225. The number of methoxy groups -OCH3 is 1. The molecule has 0 spiro atoms. The summed E-state index contributed by atoms with van der Waals surface area (Å²) in [5.41, 5.74) is 1.07. The summed E-state index contributed by atoms with van der Waals surface area (Å²) in [6.45, 7) is 0.578. The first-order chi connectivity index (χ1) is 9.10. The van der Waals surface area contributed by atoms with Crippen LogP contribution in [0.25, 0.3) is 0 Å². The molecule has 3 nitrogen and oxygen atoms in total. The molecule has 0 aliphatic heterocycles. The van der Waals surface area contributed by atoms with Gasteiger partial charge in [-0.15, -0.1) is 0 Å². The molecule has 0 amide bonds. The first-order valence-corrected chi connectivity index (χ1v) is 6.62. The van der Waals surface area contributed by atoms with Crippen LogP contribution in [-0.2, 0) is 6.54 Å². The molecular weight excluding hydrogens is 307 g/mol. The van der Waals surface area contributed by atoms with E-state index < -0.39 is 0 Å². The van der Waals surface area contributed by atoms with Gasteiger partial charge in [0.15, 0.2) is 0 Å². The summed E-state index contributed by atoms with van der Waals surface area (Å²) >= 11 is 17.7. The number of nitrogens with one attached hydrogen (secondary N) is 1. The smallest absolute Gasteiger partial charge is 0.150 e. The van der Waals surface area contributed by atoms with Crippen LogP contribution in [0.1, 0.15) is 5.56 Å². The van der Waals surface area contributed by atoms with Crippen LogP contribution in [0.15, 0.2) is 30.3 Å². The normalized spacial score (nSPS) is 10.3. The number of nitrogens with zero attached hydrogens (tertiary/aromatic N) is 1. The molecule has 0 atom stereocenters. The lowest BCUT2D eigenvalue weighted by atomic mass is 10.2. The van der Waals surface area contributed by atoms with E-state index in [1.165, 1.54) is 0 Å². The lowest BCUT2D eigenvalue weighted by molar-refractivity contribution is 0.414. The van der Waals surface area contributed by atoms with E-state index in [1.807, 2.05) is 24.3 Å². The van der Waals surface area contributed by atoms with Crippen LogP contribution in [-0.4, -0.2) is 12.1 Å². The number of rotatable bonds is 4. The maximum Gasteiger partial charge on any atom is 0.150 e. The number of aromatic nitrogens is 1. The molecule has 0 unspecified atom stereocenters. The van der Waals surface area contributed by atoms with Gasteiger partial charge in [0.05, 0.1) is 17.2 Å². The van der Waals surface area contributed by atoms with Gasteiger partial charge in [-0.25, -0.2) is 4.98 Å². The SMILES string of the molecule is COc1ccc(CNc2nc(Cl)c(Cl)cc2Cl)cc1. The zero-order valence-electron chi connectivity index (χ0n) is 10.1. The summed E-state index contributed by atoms with van der Waals surface area (Å²) < 4.78 is 5.09. The first kappa shape index (κ1) is 14.3. The van der Waals surface area contributed by atoms with Crippen molar-refractivity contribution >= 4 is 40.6 Å². The van der Waals surface area contributed by atoms with Crippen LogP contribution in [0.4, 0.5) is 5.82 Å². The van der Waals surface area contributed by atoms with Crippen LogP contribution in [0.3, 0.4) is 0 Å². The van der Waals surface area contributed by atoms with Crippen molar-refractivity contribution in [2.24, 2.45) is 0 Å². The number of hydrogen-bond acceptors (Lipinski definition) is 3. The number of halogens is 3. The summed E-state index contributed by atoms with van der Waals surface area (Å²) in [5, 5.41) is 4.10. The molecule has 6 heteroatoms. The molecule has 1 aromatic carbocycles. The molecular formula is C13H11Cl3N2O. The zero-order chi connectivity index (χ0) is 13.8. The van der Waals surface area contributed by atoms with Gasteiger partial charge < -0.3 is 10.1 Å². The van der Waals surface area contributed by atoms with Gasteiger partial charge in [-0.2, -0.15) is 0 Å². The highest BCUT2D eigenvalue weighted by molar-refractivity contribution is 6.42. The quantitative estimate of drug-likeness (QED) is 0.833.